The van der Waals surface area contributed by atoms with E-state index >= 15 is 0 Å². The summed E-state index contributed by atoms with van der Waals surface area (Å²) in [6, 6.07) is 11.1. The minimum absolute atomic E-state index is 0.311. The molecule has 0 saturated carbocycles. The van der Waals surface area contributed by atoms with Crippen molar-refractivity contribution in [3.05, 3.63) is 56.9 Å². The lowest BCUT2D eigenvalue weighted by atomic mass is 10.2. The first-order valence-electron chi connectivity index (χ1n) is 8.72. The molecule has 4 rings (SSSR count). The highest BCUT2D eigenvalue weighted by Gasteiger charge is 2.36. The molecule has 0 spiro atoms. The fraction of sp³-hybridized carbons (Fsp3) is 0.100. The number of benzene rings is 1. The van der Waals surface area contributed by atoms with E-state index in [1.165, 1.54) is 22.7 Å². The second-order valence-corrected chi connectivity index (χ2v) is 8.93. The minimum atomic E-state index is -0.481. The van der Waals surface area contributed by atoms with E-state index in [1.54, 1.807) is 13.2 Å². The molecule has 7 nitrogen and oxygen atoms in total. The molecule has 1 saturated heterocycles. The summed E-state index contributed by atoms with van der Waals surface area (Å²) in [7, 11) is 1.60. The molecular weight excluding hydrogens is 442 g/mol. The Bertz CT molecular complexity index is 1120. The molecule has 3 aromatic rings. The molecule has 1 fully saturated rings. The van der Waals surface area contributed by atoms with Gasteiger partial charge >= 0.3 is 0 Å². The van der Waals surface area contributed by atoms with Crippen molar-refractivity contribution in [3.63, 3.8) is 0 Å². The van der Waals surface area contributed by atoms with Gasteiger partial charge in [-0.25, -0.2) is 4.98 Å². The number of ether oxygens (including phenoxy) is 1. The van der Waals surface area contributed by atoms with E-state index in [1.807, 2.05) is 47.2 Å². The Kier molecular flexibility index (Phi) is 5.98. The van der Waals surface area contributed by atoms with Crippen molar-refractivity contribution in [1.29, 1.82) is 0 Å². The van der Waals surface area contributed by atoms with Crippen LogP contribution in [0.3, 0.4) is 0 Å². The van der Waals surface area contributed by atoms with Gasteiger partial charge in [-0.1, -0.05) is 6.07 Å². The van der Waals surface area contributed by atoms with Crippen molar-refractivity contribution in [2.24, 2.45) is 0 Å². The molecule has 0 atom stereocenters. The number of methoxy groups -OCH3 is 1. The topological polar surface area (TPSA) is 88.6 Å². The van der Waals surface area contributed by atoms with Gasteiger partial charge < -0.3 is 10.1 Å². The second kappa shape index (κ2) is 8.82. The zero-order valence-electron chi connectivity index (χ0n) is 15.7. The smallest absolute Gasteiger partial charge is 0.294 e. The summed E-state index contributed by atoms with van der Waals surface area (Å²) in [6.45, 7) is -0.357. The number of hydrogen-bond acceptors (Lipinski definition) is 8. The number of imide groups is 1. The van der Waals surface area contributed by atoms with Crippen LogP contribution < -0.4 is 10.1 Å². The number of rotatable bonds is 6. The lowest BCUT2D eigenvalue weighted by molar-refractivity contribution is -0.127. The molecular formula is C20H15N3O4S3. The summed E-state index contributed by atoms with van der Waals surface area (Å²) in [5.41, 5.74) is 1.60. The molecule has 0 unspecified atom stereocenters. The Hall–Kier alpha value is -2.95. The predicted octanol–water partition coefficient (Wildman–Crippen LogP) is 4.56. The average Bonchev–Trinajstić information content (AvgIpc) is 3.47. The number of nitrogens with one attached hydrogen (secondary N) is 1. The van der Waals surface area contributed by atoms with Gasteiger partial charge in [0.1, 0.15) is 12.3 Å². The van der Waals surface area contributed by atoms with Gasteiger partial charge in [0.15, 0.2) is 5.13 Å². The fourth-order valence-electron chi connectivity index (χ4n) is 2.67. The van der Waals surface area contributed by atoms with Gasteiger partial charge in [0.2, 0.25) is 5.91 Å². The standard InChI is InChI=1S/C20H15N3O4S3/c1-27-13-6-4-12(5-7-13)15-11-29-19(21-15)22-17(24)10-23-18(25)16(30-20(23)26)9-14-3-2-8-28-14/h2-9,11H,10H2,1H3,(H,21,22,24)/b16-9-. The van der Waals surface area contributed by atoms with Crippen molar-refractivity contribution < 1.29 is 19.1 Å². The molecule has 10 heteroatoms. The van der Waals surface area contributed by atoms with Crippen LogP contribution >= 0.6 is 34.4 Å². The van der Waals surface area contributed by atoms with Crippen molar-refractivity contribution in [1.82, 2.24) is 9.88 Å². The lowest BCUT2D eigenvalue weighted by Crippen LogP contribution is -2.36. The van der Waals surface area contributed by atoms with Gasteiger partial charge in [-0.3, -0.25) is 19.3 Å². The van der Waals surface area contributed by atoms with Crippen molar-refractivity contribution in [2.75, 3.05) is 19.0 Å². The van der Waals surface area contributed by atoms with E-state index < -0.39 is 17.1 Å². The largest absolute Gasteiger partial charge is 0.497 e. The maximum absolute atomic E-state index is 12.5. The summed E-state index contributed by atoms with van der Waals surface area (Å²) < 4.78 is 5.14. The highest BCUT2D eigenvalue weighted by Crippen LogP contribution is 2.33. The average molecular weight is 458 g/mol. The Labute approximate surface area is 184 Å². The Morgan fingerprint density at radius 1 is 1.20 bits per heavy atom. The summed E-state index contributed by atoms with van der Waals surface area (Å²) in [5, 5.41) is 6.29. The molecule has 2 aromatic heterocycles. The number of anilines is 1. The summed E-state index contributed by atoms with van der Waals surface area (Å²) in [4.78, 5) is 43.6. The maximum Gasteiger partial charge on any atom is 0.294 e. The Morgan fingerprint density at radius 2 is 2.00 bits per heavy atom. The van der Waals surface area contributed by atoms with Crippen LogP contribution in [0, 0.1) is 0 Å². The molecule has 30 heavy (non-hydrogen) atoms. The predicted molar refractivity (Wildman–Crippen MR) is 120 cm³/mol. The molecule has 152 valence electrons. The van der Waals surface area contributed by atoms with Crippen LogP contribution in [-0.2, 0) is 9.59 Å². The number of nitrogens with zero attached hydrogens (tertiary/aromatic N) is 2. The molecule has 0 aliphatic carbocycles. The zero-order chi connectivity index (χ0) is 21.1. The third-order valence-electron chi connectivity index (χ3n) is 4.13. The number of hydrogen-bond donors (Lipinski definition) is 1. The van der Waals surface area contributed by atoms with Gasteiger partial charge in [-0.2, -0.15) is 0 Å². The van der Waals surface area contributed by atoms with Crippen LogP contribution in [0.2, 0.25) is 0 Å². The first-order valence-corrected chi connectivity index (χ1v) is 11.3. The van der Waals surface area contributed by atoms with E-state index in [9.17, 15) is 14.4 Å². The van der Waals surface area contributed by atoms with Gasteiger partial charge in [-0.05, 0) is 53.5 Å². The SMILES string of the molecule is COc1ccc(-c2csc(NC(=O)CN3C(=O)S/C(=C\c4cccs4)C3=O)n2)cc1. The second-order valence-electron chi connectivity index (χ2n) is 6.10. The van der Waals surface area contributed by atoms with Gasteiger partial charge in [0, 0.05) is 15.8 Å². The first kappa shape index (κ1) is 20.3. The van der Waals surface area contributed by atoms with E-state index in [-0.39, 0.29) is 6.54 Å². The van der Waals surface area contributed by atoms with Crippen LogP contribution in [0.15, 0.2) is 52.1 Å². The van der Waals surface area contributed by atoms with Crippen LogP contribution in [0.25, 0.3) is 17.3 Å². The summed E-state index contributed by atoms with van der Waals surface area (Å²) in [5.74, 6) is -0.204. The van der Waals surface area contributed by atoms with Gasteiger partial charge in [-0.15, -0.1) is 22.7 Å². The Morgan fingerprint density at radius 3 is 2.70 bits per heavy atom. The van der Waals surface area contributed by atoms with Gasteiger partial charge in [0.25, 0.3) is 11.1 Å². The highest BCUT2D eigenvalue weighted by atomic mass is 32.2. The Balaban J connectivity index is 1.39. The fourth-order valence-corrected chi connectivity index (χ4v) is 4.96. The zero-order valence-corrected chi connectivity index (χ0v) is 18.1. The van der Waals surface area contributed by atoms with E-state index in [2.05, 4.69) is 10.3 Å². The molecule has 3 amide bonds. The number of carbonyl (C=O) groups is 3. The summed E-state index contributed by atoms with van der Waals surface area (Å²) in [6.07, 6.45) is 1.66. The maximum atomic E-state index is 12.5. The third kappa shape index (κ3) is 4.45. The van der Waals surface area contributed by atoms with Gasteiger partial charge in [0.05, 0.1) is 17.7 Å². The molecule has 1 aliphatic rings. The number of thiazole rings is 1. The van der Waals surface area contributed by atoms with Crippen molar-refractivity contribution in [2.45, 2.75) is 0 Å². The molecule has 0 bridgehead atoms. The first-order chi connectivity index (χ1) is 14.5. The normalized spacial score (nSPS) is 15.1. The third-order valence-corrected chi connectivity index (χ3v) is 6.61. The number of aromatic nitrogens is 1. The number of carbonyl (C=O) groups excluding carboxylic acids is 3. The minimum Gasteiger partial charge on any atom is -0.497 e. The molecule has 1 aliphatic heterocycles. The van der Waals surface area contributed by atoms with Crippen LogP contribution in [0.4, 0.5) is 9.93 Å². The number of thioether (sulfide) groups is 1. The molecule has 1 N–H and O–H groups in total. The number of thiophene rings is 1. The van der Waals surface area contributed by atoms with E-state index in [4.69, 9.17) is 4.74 Å². The van der Waals surface area contributed by atoms with Crippen LogP contribution in [-0.4, -0.2) is 40.6 Å². The molecule has 0 radical (unpaired) electrons. The number of amides is 3. The van der Waals surface area contributed by atoms with E-state index in [0.29, 0.717) is 15.7 Å². The van der Waals surface area contributed by atoms with E-state index in [0.717, 1.165) is 32.9 Å². The quantitative estimate of drug-likeness (QED) is 0.546. The molecule has 3 heterocycles. The monoisotopic (exact) mass is 457 g/mol. The van der Waals surface area contributed by atoms with Crippen LogP contribution in [0.1, 0.15) is 4.88 Å². The lowest BCUT2D eigenvalue weighted by Gasteiger charge is -2.11. The molecule has 1 aromatic carbocycles. The highest BCUT2D eigenvalue weighted by molar-refractivity contribution is 8.18. The van der Waals surface area contributed by atoms with Crippen molar-refractivity contribution >= 4 is 62.7 Å². The summed E-state index contributed by atoms with van der Waals surface area (Å²) >= 11 is 3.57. The van der Waals surface area contributed by atoms with Crippen molar-refractivity contribution in [3.8, 4) is 17.0 Å². The van der Waals surface area contributed by atoms with Crippen LogP contribution in [0.5, 0.6) is 5.75 Å².